The molecule has 25 heavy (non-hydrogen) atoms. The largest absolute Gasteiger partial charge is 0.393 e. The topological polar surface area (TPSA) is 40.5 Å². The standard InChI is InChI=1S/C23H38O2/c1-4-5-11-23(25)14-10-20-18-7-6-16-15-17(24)8-12-21(16,2)19(18)9-13-22(20,23)3/h6,17-20,24-25H,4-5,7-15H2,1-3H3/t17?,18-,19+,20+,21+,22+,23+/m1/s1. The van der Waals surface area contributed by atoms with Gasteiger partial charge in [-0.25, -0.2) is 0 Å². The van der Waals surface area contributed by atoms with Crippen molar-refractivity contribution in [1.29, 1.82) is 0 Å². The van der Waals surface area contributed by atoms with Crippen molar-refractivity contribution >= 4 is 0 Å². The fourth-order valence-corrected chi connectivity index (χ4v) is 7.63. The molecule has 0 aromatic rings. The van der Waals surface area contributed by atoms with E-state index in [1.807, 2.05) is 0 Å². The van der Waals surface area contributed by atoms with Crippen molar-refractivity contribution in [1.82, 2.24) is 0 Å². The number of fused-ring (bicyclic) bond motifs is 5. The van der Waals surface area contributed by atoms with Gasteiger partial charge in [-0.3, -0.25) is 0 Å². The van der Waals surface area contributed by atoms with Crippen LogP contribution in [0.15, 0.2) is 11.6 Å². The lowest BCUT2D eigenvalue weighted by Gasteiger charge is -2.59. The van der Waals surface area contributed by atoms with Crippen molar-refractivity contribution in [3.05, 3.63) is 11.6 Å². The Hall–Kier alpha value is -0.340. The van der Waals surface area contributed by atoms with Crippen LogP contribution >= 0.6 is 0 Å². The van der Waals surface area contributed by atoms with Crippen LogP contribution in [0.4, 0.5) is 0 Å². The average molecular weight is 347 g/mol. The zero-order chi connectivity index (χ0) is 17.9. The van der Waals surface area contributed by atoms with Crippen LogP contribution < -0.4 is 0 Å². The van der Waals surface area contributed by atoms with E-state index in [2.05, 4.69) is 26.8 Å². The van der Waals surface area contributed by atoms with Gasteiger partial charge < -0.3 is 10.2 Å². The lowest BCUT2D eigenvalue weighted by atomic mass is 9.47. The third kappa shape index (κ3) is 2.50. The molecule has 4 aliphatic rings. The molecule has 0 aliphatic heterocycles. The van der Waals surface area contributed by atoms with Crippen molar-refractivity contribution < 1.29 is 10.2 Å². The predicted octanol–water partition coefficient (Wildman–Crippen LogP) is 5.23. The Kier molecular flexibility index (Phi) is 4.40. The zero-order valence-corrected chi connectivity index (χ0v) is 16.6. The van der Waals surface area contributed by atoms with Gasteiger partial charge in [0.2, 0.25) is 0 Å². The molecule has 0 amide bonds. The van der Waals surface area contributed by atoms with E-state index in [1.165, 1.54) is 32.1 Å². The summed E-state index contributed by atoms with van der Waals surface area (Å²) in [6.45, 7) is 7.14. The van der Waals surface area contributed by atoms with E-state index in [1.54, 1.807) is 5.57 Å². The van der Waals surface area contributed by atoms with E-state index in [9.17, 15) is 10.2 Å². The molecule has 2 nitrogen and oxygen atoms in total. The fourth-order valence-electron chi connectivity index (χ4n) is 7.63. The van der Waals surface area contributed by atoms with Gasteiger partial charge in [-0.15, -0.1) is 0 Å². The van der Waals surface area contributed by atoms with Gasteiger partial charge in [0.1, 0.15) is 0 Å². The summed E-state index contributed by atoms with van der Waals surface area (Å²) >= 11 is 0. The molecule has 3 fully saturated rings. The van der Waals surface area contributed by atoms with Gasteiger partial charge in [0.15, 0.2) is 0 Å². The molecule has 2 heteroatoms. The molecule has 0 saturated heterocycles. The van der Waals surface area contributed by atoms with Gasteiger partial charge in [-0.1, -0.05) is 45.3 Å². The van der Waals surface area contributed by atoms with Crippen LogP contribution in [0.1, 0.15) is 91.4 Å². The second-order valence-corrected chi connectivity index (χ2v) is 10.3. The summed E-state index contributed by atoms with van der Waals surface area (Å²) in [6.07, 6.45) is 14.7. The van der Waals surface area contributed by atoms with Crippen molar-refractivity contribution in [3.8, 4) is 0 Å². The summed E-state index contributed by atoms with van der Waals surface area (Å²) in [4.78, 5) is 0. The first-order valence-corrected chi connectivity index (χ1v) is 10.9. The second kappa shape index (κ2) is 6.09. The number of aliphatic hydroxyl groups excluding tert-OH is 1. The van der Waals surface area contributed by atoms with Crippen molar-refractivity contribution in [2.45, 2.75) is 103 Å². The third-order valence-electron chi connectivity index (χ3n) is 9.34. The van der Waals surface area contributed by atoms with E-state index in [0.717, 1.165) is 50.4 Å². The van der Waals surface area contributed by atoms with Crippen LogP contribution in [0.25, 0.3) is 0 Å². The third-order valence-corrected chi connectivity index (χ3v) is 9.34. The molecule has 0 spiro atoms. The number of hydrogen-bond acceptors (Lipinski definition) is 2. The van der Waals surface area contributed by atoms with Crippen LogP contribution in [-0.2, 0) is 0 Å². The van der Waals surface area contributed by atoms with Crippen LogP contribution in [0.5, 0.6) is 0 Å². The van der Waals surface area contributed by atoms with Gasteiger partial charge in [0.05, 0.1) is 11.7 Å². The highest BCUT2D eigenvalue weighted by Crippen LogP contribution is 2.67. The highest BCUT2D eigenvalue weighted by Gasteiger charge is 2.63. The van der Waals surface area contributed by atoms with Gasteiger partial charge in [0, 0.05) is 0 Å². The van der Waals surface area contributed by atoms with Crippen LogP contribution in [-0.4, -0.2) is 21.9 Å². The van der Waals surface area contributed by atoms with E-state index >= 15 is 0 Å². The van der Waals surface area contributed by atoms with E-state index < -0.39 is 5.60 Å². The maximum absolute atomic E-state index is 11.5. The summed E-state index contributed by atoms with van der Waals surface area (Å²) in [5.74, 6) is 2.21. The Balaban J connectivity index is 1.62. The molecule has 3 saturated carbocycles. The second-order valence-electron chi connectivity index (χ2n) is 10.3. The van der Waals surface area contributed by atoms with Crippen LogP contribution in [0.3, 0.4) is 0 Å². The lowest BCUT2D eigenvalue weighted by molar-refractivity contribution is -0.128. The van der Waals surface area contributed by atoms with Crippen molar-refractivity contribution in [2.24, 2.45) is 28.6 Å². The first-order valence-electron chi connectivity index (χ1n) is 10.9. The highest BCUT2D eigenvalue weighted by atomic mass is 16.3. The first kappa shape index (κ1) is 18.0. The molecule has 2 N–H and O–H groups in total. The Labute approximate surface area is 154 Å². The minimum atomic E-state index is -0.424. The molecule has 0 aromatic carbocycles. The number of hydrogen-bond donors (Lipinski definition) is 2. The van der Waals surface area contributed by atoms with Crippen LogP contribution in [0, 0.1) is 28.6 Å². The molecule has 4 aliphatic carbocycles. The van der Waals surface area contributed by atoms with Gasteiger partial charge >= 0.3 is 0 Å². The van der Waals surface area contributed by atoms with Crippen LogP contribution in [0.2, 0.25) is 0 Å². The average Bonchev–Trinajstić information content (AvgIpc) is 2.85. The maximum atomic E-state index is 11.5. The minimum absolute atomic E-state index is 0.115. The Morgan fingerprint density at radius 3 is 2.60 bits per heavy atom. The molecule has 142 valence electrons. The first-order chi connectivity index (χ1) is 11.8. The molecule has 1 unspecified atom stereocenters. The van der Waals surface area contributed by atoms with E-state index in [0.29, 0.717) is 11.3 Å². The van der Waals surface area contributed by atoms with Gasteiger partial charge in [0.25, 0.3) is 0 Å². The molecular weight excluding hydrogens is 308 g/mol. The number of allylic oxidation sites excluding steroid dienone is 1. The molecule has 4 rings (SSSR count). The SMILES string of the molecule is CCCC[C@]1(O)CC[C@H]2[C@@H]3CC=C4CC(O)CC[C@]4(C)[C@H]3CC[C@@]21C. The number of aliphatic hydroxyl groups is 2. The molecule has 7 atom stereocenters. The smallest absolute Gasteiger partial charge is 0.0703 e. The highest BCUT2D eigenvalue weighted by molar-refractivity contribution is 5.26. The van der Waals surface area contributed by atoms with Gasteiger partial charge in [-0.05, 0) is 86.4 Å². The van der Waals surface area contributed by atoms with E-state index in [-0.39, 0.29) is 11.5 Å². The Morgan fingerprint density at radius 1 is 1.08 bits per heavy atom. The fraction of sp³-hybridized carbons (Fsp3) is 0.913. The molecule has 0 radical (unpaired) electrons. The quantitative estimate of drug-likeness (QED) is 0.687. The Morgan fingerprint density at radius 2 is 1.84 bits per heavy atom. The molecule has 0 bridgehead atoms. The number of rotatable bonds is 3. The lowest BCUT2D eigenvalue weighted by Crippen LogP contribution is -2.54. The normalized spacial score (nSPS) is 52.1. The van der Waals surface area contributed by atoms with Gasteiger partial charge in [-0.2, -0.15) is 0 Å². The summed E-state index contributed by atoms with van der Waals surface area (Å²) in [5, 5.41) is 21.7. The molecule has 0 aromatic heterocycles. The zero-order valence-electron chi connectivity index (χ0n) is 16.6. The molecule has 0 heterocycles. The minimum Gasteiger partial charge on any atom is -0.393 e. The number of unbranched alkanes of at least 4 members (excludes halogenated alkanes) is 1. The summed E-state index contributed by atoms with van der Waals surface area (Å²) in [5.41, 5.74) is 1.56. The summed E-state index contributed by atoms with van der Waals surface area (Å²) in [6, 6.07) is 0. The predicted molar refractivity (Wildman–Crippen MR) is 102 cm³/mol. The monoisotopic (exact) mass is 346 g/mol. The Bertz CT molecular complexity index is 554. The van der Waals surface area contributed by atoms with Crippen molar-refractivity contribution in [2.75, 3.05) is 0 Å². The summed E-state index contributed by atoms with van der Waals surface area (Å²) in [7, 11) is 0. The maximum Gasteiger partial charge on any atom is 0.0703 e. The van der Waals surface area contributed by atoms with E-state index in [4.69, 9.17) is 0 Å². The molecular formula is C23H38O2. The van der Waals surface area contributed by atoms with Crippen molar-refractivity contribution in [3.63, 3.8) is 0 Å². The summed E-state index contributed by atoms with van der Waals surface area (Å²) < 4.78 is 0.